The molecule has 0 spiro atoms. The van der Waals surface area contributed by atoms with Crippen molar-refractivity contribution in [2.75, 3.05) is 19.0 Å². The summed E-state index contributed by atoms with van der Waals surface area (Å²) >= 11 is 0. The van der Waals surface area contributed by atoms with Crippen molar-refractivity contribution < 1.29 is 9.90 Å². The Bertz CT molecular complexity index is 547. The van der Waals surface area contributed by atoms with Crippen LogP contribution in [0.1, 0.15) is 10.4 Å². The Balaban J connectivity index is 2.78. The lowest BCUT2D eigenvalue weighted by atomic mass is 10.0. The molecule has 3 heteroatoms. The zero-order valence-corrected chi connectivity index (χ0v) is 9.27. The highest BCUT2D eigenvalue weighted by Crippen LogP contribution is 2.27. The molecule has 0 saturated carbocycles. The first-order valence-corrected chi connectivity index (χ1v) is 5.03. The second kappa shape index (κ2) is 3.85. The third-order valence-electron chi connectivity index (χ3n) is 2.57. The molecule has 0 aromatic heterocycles. The largest absolute Gasteiger partial charge is 0.478 e. The number of rotatable bonds is 2. The Labute approximate surface area is 93.9 Å². The molecular weight excluding hydrogens is 202 g/mol. The summed E-state index contributed by atoms with van der Waals surface area (Å²) in [6, 6.07) is 11.2. The van der Waals surface area contributed by atoms with Crippen LogP contribution in [-0.2, 0) is 0 Å². The molecule has 82 valence electrons. The van der Waals surface area contributed by atoms with Crippen molar-refractivity contribution in [1.82, 2.24) is 0 Å². The van der Waals surface area contributed by atoms with E-state index in [2.05, 4.69) is 0 Å². The van der Waals surface area contributed by atoms with Gasteiger partial charge in [0, 0.05) is 25.2 Å². The number of carbonyl (C=O) groups is 1. The number of benzene rings is 2. The van der Waals surface area contributed by atoms with Gasteiger partial charge in [0.15, 0.2) is 0 Å². The first-order chi connectivity index (χ1) is 7.59. The fraction of sp³-hybridized carbons (Fsp3) is 0.154. The maximum Gasteiger partial charge on any atom is 0.335 e. The minimum atomic E-state index is -0.895. The van der Waals surface area contributed by atoms with E-state index in [0.29, 0.717) is 5.56 Å². The molecule has 0 aliphatic carbocycles. The molecule has 16 heavy (non-hydrogen) atoms. The average molecular weight is 215 g/mol. The maximum absolute atomic E-state index is 11.0. The molecule has 0 saturated heterocycles. The standard InChI is InChI=1S/C13H13NO2/c1-14(2)12-8-10(13(15)16)7-9-5-3-4-6-11(9)12/h3-8H,1-2H3,(H,15,16). The van der Waals surface area contributed by atoms with E-state index in [1.807, 2.05) is 43.3 Å². The molecule has 0 unspecified atom stereocenters. The van der Waals surface area contributed by atoms with E-state index in [1.54, 1.807) is 12.1 Å². The second-order valence-corrected chi connectivity index (χ2v) is 3.92. The number of carboxylic acid groups (broad SMARTS) is 1. The molecule has 0 bridgehead atoms. The van der Waals surface area contributed by atoms with Crippen molar-refractivity contribution in [3.8, 4) is 0 Å². The van der Waals surface area contributed by atoms with E-state index in [9.17, 15) is 4.79 Å². The van der Waals surface area contributed by atoms with E-state index in [-0.39, 0.29) is 0 Å². The maximum atomic E-state index is 11.0. The van der Waals surface area contributed by atoms with Gasteiger partial charge in [-0.15, -0.1) is 0 Å². The highest BCUT2D eigenvalue weighted by atomic mass is 16.4. The van der Waals surface area contributed by atoms with Crippen LogP contribution in [0.4, 0.5) is 5.69 Å². The molecule has 0 aliphatic rings. The fourth-order valence-electron chi connectivity index (χ4n) is 1.78. The summed E-state index contributed by atoms with van der Waals surface area (Å²) in [6.45, 7) is 0. The molecule has 2 aromatic carbocycles. The summed E-state index contributed by atoms with van der Waals surface area (Å²) in [5.74, 6) is -0.895. The van der Waals surface area contributed by atoms with Gasteiger partial charge in [-0.25, -0.2) is 4.79 Å². The summed E-state index contributed by atoms with van der Waals surface area (Å²) in [4.78, 5) is 12.9. The lowest BCUT2D eigenvalue weighted by molar-refractivity contribution is 0.0697. The van der Waals surface area contributed by atoms with E-state index < -0.39 is 5.97 Å². The fourth-order valence-corrected chi connectivity index (χ4v) is 1.78. The summed E-state index contributed by atoms with van der Waals surface area (Å²) in [5, 5.41) is 11.0. The van der Waals surface area contributed by atoms with Crippen LogP contribution in [0.5, 0.6) is 0 Å². The van der Waals surface area contributed by atoms with Crippen LogP contribution in [0.25, 0.3) is 10.8 Å². The molecule has 1 N–H and O–H groups in total. The number of nitrogens with zero attached hydrogens (tertiary/aromatic N) is 1. The summed E-state index contributed by atoms with van der Waals surface area (Å²) < 4.78 is 0. The Morgan fingerprint density at radius 2 is 1.88 bits per heavy atom. The van der Waals surface area contributed by atoms with Crippen molar-refractivity contribution in [3.05, 3.63) is 42.0 Å². The topological polar surface area (TPSA) is 40.5 Å². The molecule has 0 radical (unpaired) electrons. The van der Waals surface area contributed by atoms with Crippen LogP contribution >= 0.6 is 0 Å². The molecule has 0 fully saturated rings. The van der Waals surface area contributed by atoms with Gasteiger partial charge in [-0.2, -0.15) is 0 Å². The summed E-state index contributed by atoms with van der Waals surface area (Å²) in [7, 11) is 3.82. The van der Waals surface area contributed by atoms with Crippen LogP contribution in [0.2, 0.25) is 0 Å². The summed E-state index contributed by atoms with van der Waals surface area (Å²) in [5.41, 5.74) is 1.25. The number of fused-ring (bicyclic) bond motifs is 1. The van der Waals surface area contributed by atoms with Gasteiger partial charge in [0.2, 0.25) is 0 Å². The van der Waals surface area contributed by atoms with Crippen LogP contribution in [-0.4, -0.2) is 25.2 Å². The van der Waals surface area contributed by atoms with Crippen molar-refractivity contribution >= 4 is 22.4 Å². The van der Waals surface area contributed by atoms with Gasteiger partial charge >= 0.3 is 5.97 Å². The van der Waals surface area contributed by atoms with E-state index >= 15 is 0 Å². The predicted molar refractivity (Wildman–Crippen MR) is 65.2 cm³/mol. The van der Waals surface area contributed by atoms with Gasteiger partial charge < -0.3 is 10.0 Å². The van der Waals surface area contributed by atoms with E-state index in [4.69, 9.17) is 5.11 Å². The second-order valence-electron chi connectivity index (χ2n) is 3.92. The average Bonchev–Trinajstić information content (AvgIpc) is 2.27. The lowest BCUT2D eigenvalue weighted by Gasteiger charge is -2.16. The highest BCUT2D eigenvalue weighted by molar-refractivity contribution is 6.01. The zero-order valence-electron chi connectivity index (χ0n) is 9.27. The minimum absolute atomic E-state index is 0.322. The third kappa shape index (κ3) is 1.72. The minimum Gasteiger partial charge on any atom is -0.478 e. The Kier molecular flexibility index (Phi) is 2.52. The first kappa shape index (κ1) is 10.5. The first-order valence-electron chi connectivity index (χ1n) is 5.03. The molecule has 0 amide bonds. The Morgan fingerprint density at radius 1 is 1.19 bits per heavy atom. The van der Waals surface area contributed by atoms with Crippen LogP contribution in [0.15, 0.2) is 36.4 Å². The van der Waals surface area contributed by atoms with Crippen LogP contribution in [0, 0.1) is 0 Å². The van der Waals surface area contributed by atoms with Gasteiger partial charge in [0.1, 0.15) is 0 Å². The van der Waals surface area contributed by atoms with E-state index in [1.165, 1.54) is 0 Å². The summed E-state index contributed by atoms with van der Waals surface area (Å²) in [6.07, 6.45) is 0. The number of hydrogen-bond donors (Lipinski definition) is 1. The number of anilines is 1. The van der Waals surface area contributed by atoms with Gasteiger partial charge in [-0.3, -0.25) is 0 Å². The van der Waals surface area contributed by atoms with Gasteiger partial charge in [0.25, 0.3) is 0 Å². The lowest BCUT2D eigenvalue weighted by Crippen LogP contribution is -2.10. The predicted octanol–water partition coefficient (Wildman–Crippen LogP) is 2.60. The van der Waals surface area contributed by atoms with Crippen molar-refractivity contribution in [3.63, 3.8) is 0 Å². The zero-order chi connectivity index (χ0) is 11.7. The van der Waals surface area contributed by atoms with E-state index in [0.717, 1.165) is 16.5 Å². The van der Waals surface area contributed by atoms with Crippen molar-refractivity contribution in [1.29, 1.82) is 0 Å². The Hall–Kier alpha value is -2.03. The number of aromatic carboxylic acids is 1. The smallest absolute Gasteiger partial charge is 0.335 e. The molecule has 2 rings (SSSR count). The molecule has 0 aliphatic heterocycles. The molecule has 3 nitrogen and oxygen atoms in total. The molecular formula is C13H13NO2. The normalized spacial score (nSPS) is 10.4. The highest BCUT2D eigenvalue weighted by Gasteiger charge is 2.09. The SMILES string of the molecule is CN(C)c1cc(C(=O)O)cc2ccccc12. The Morgan fingerprint density at radius 3 is 2.50 bits per heavy atom. The third-order valence-corrected chi connectivity index (χ3v) is 2.57. The van der Waals surface area contributed by atoms with Crippen molar-refractivity contribution in [2.45, 2.75) is 0 Å². The molecule has 0 heterocycles. The number of carboxylic acids is 1. The van der Waals surface area contributed by atoms with Gasteiger partial charge in [0.05, 0.1) is 5.56 Å². The monoisotopic (exact) mass is 215 g/mol. The quantitative estimate of drug-likeness (QED) is 0.837. The van der Waals surface area contributed by atoms with Gasteiger partial charge in [-0.05, 0) is 17.5 Å². The van der Waals surface area contributed by atoms with Gasteiger partial charge in [-0.1, -0.05) is 24.3 Å². The van der Waals surface area contributed by atoms with Crippen LogP contribution in [0.3, 0.4) is 0 Å². The van der Waals surface area contributed by atoms with Crippen molar-refractivity contribution in [2.24, 2.45) is 0 Å². The van der Waals surface area contributed by atoms with Crippen LogP contribution < -0.4 is 4.90 Å². The number of hydrogen-bond acceptors (Lipinski definition) is 2. The molecule has 2 aromatic rings. The molecule has 0 atom stereocenters.